The Hall–Kier alpha value is -1.61. The van der Waals surface area contributed by atoms with Crippen LogP contribution in [0, 0.1) is 11.3 Å². The molecule has 0 saturated carbocycles. The van der Waals surface area contributed by atoms with Crippen molar-refractivity contribution in [2.75, 3.05) is 40.4 Å². The SMILES string of the molecule is COc1cc(CN(C)CC2CNCCO2)ccc1C#N. The van der Waals surface area contributed by atoms with Crippen LogP contribution in [0.15, 0.2) is 18.2 Å². The van der Waals surface area contributed by atoms with Crippen LogP contribution >= 0.6 is 0 Å². The summed E-state index contributed by atoms with van der Waals surface area (Å²) < 4.78 is 10.9. The minimum absolute atomic E-state index is 0.244. The Kier molecular flexibility index (Phi) is 5.36. The lowest BCUT2D eigenvalue weighted by atomic mass is 10.1. The van der Waals surface area contributed by atoms with Crippen molar-refractivity contribution in [1.82, 2.24) is 10.2 Å². The molecule has 1 unspecified atom stereocenters. The molecule has 20 heavy (non-hydrogen) atoms. The quantitative estimate of drug-likeness (QED) is 0.868. The van der Waals surface area contributed by atoms with E-state index in [0.29, 0.717) is 11.3 Å². The summed E-state index contributed by atoms with van der Waals surface area (Å²) in [5.41, 5.74) is 1.70. The van der Waals surface area contributed by atoms with Crippen molar-refractivity contribution in [3.05, 3.63) is 29.3 Å². The molecule has 5 heteroatoms. The molecule has 0 spiro atoms. The summed E-state index contributed by atoms with van der Waals surface area (Å²) in [7, 11) is 3.66. The average Bonchev–Trinajstić information content (AvgIpc) is 2.48. The molecule has 1 aliphatic rings. The highest BCUT2D eigenvalue weighted by Crippen LogP contribution is 2.20. The van der Waals surface area contributed by atoms with E-state index in [4.69, 9.17) is 14.7 Å². The predicted molar refractivity (Wildman–Crippen MR) is 76.7 cm³/mol. The Morgan fingerprint density at radius 2 is 2.40 bits per heavy atom. The van der Waals surface area contributed by atoms with Crippen LogP contribution < -0.4 is 10.1 Å². The largest absolute Gasteiger partial charge is 0.495 e. The highest BCUT2D eigenvalue weighted by atomic mass is 16.5. The van der Waals surface area contributed by atoms with Crippen LogP contribution in [0.5, 0.6) is 5.75 Å². The van der Waals surface area contributed by atoms with E-state index >= 15 is 0 Å². The Morgan fingerprint density at radius 3 is 3.05 bits per heavy atom. The summed E-state index contributed by atoms with van der Waals surface area (Å²) in [6, 6.07) is 7.83. The molecule has 1 fully saturated rings. The van der Waals surface area contributed by atoms with E-state index in [9.17, 15) is 0 Å². The van der Waals surface area contributed by atoms with E-state index in [1.54, 1.807) is 13.2 Å². The van der Waals surface area contributed by atoms with E-state index in [1.165, 1.54) is 0 Å². The van der Waals surface area contributed by atoms with Gasteiger partial charge in [-0.05, 0) is 24.7 Å². The lowest BCUT2D eigenvalue weighted by Crippen LogP contribution is -2.44. The van der Waals surface area contributed by atoms with E-state index in [1.807, 2.05) is 12.1 Å². The van der Waals surface area contributed by atoms with Gasteiger partial charge in [-0.3, -0.25) is 4.90 Å². The van der Waals surface area contributed by atoms with Crippen molar-refractivity contribution in [1.29, 1.82) is 5.26 Å². The average molecular weight is 275 g/mol. The first kappa shape index (κ1) is 14.8. The maximum Gasteiger partial charge on any atom is 0.136 e. The number of nitrogens with zero attached hydrogens (tertiary/aromatic N) is 2. The second-order valence-electron chi connectivity index (χ2n) is 5.04. The van der Waals surface area contributed by atoms with Crippen molar-refractivity contribution in [3.63, 3.8) is 0 Å². The third-order valence-electron chi connectivity index (χ3n) is 3.36. The molecule has 0 radical (unpaired) electrons. The maximum atomic E-state index is 8.97. The normalized spacial score (nSPS) is 18.8. The van der Waals surface area contributed by atoms with Crippen molar-refractivity contribution in [2.45, 2.75) is 12.6 Å². The molecule has 0 aliphatic carbocycles. The van der Waals surface area contributed by atoms with Crippen LogP contribution in [0.1, 0.15) is 11.1 Å². The van der Waals surface area contributed by atoms with Gasteiger partial charge < -0.3 is 14.8 Å². The third kappa shape index (κ3) is 3.94. The summed E-state index contributed by atoms with van der Waals surface area (Å²) in [4.78, 5) is 2.22. The van der Waals surface area contributed by atoms with E-state index in [0.717, 1.165) is 38.3 Å². The van der Waals surface area contributed by atoms with Crippen LogP contribution in [0.4, 0.5) is 0 Å². The summed E-state index contributed by atoms with van der Waals surface area (Å²) >= 11 is 0. The Morgan fingerprint density at radius 1 is 1.55 bits per heavy atom. The van der Waals surface area contributed by atoms with Gasteiger partial charge >= 0.3 is 0 Å². The minimum Gasteiger partial charge on any atom is -0.495 e. The number of hydrogen-bond donors (Lipinski definition) is 1. The lowest BCUT2D eigenvalue weighted by Gasteiger charge is -2.28. The molecule has 1 aromatic carbocycles. The van der Waals surface area contributed by atoms with Crippen LogP contribution in [0.25, 0.3) is 0 Å². The first-order valence-corrected chi connectivity index (χ1v) is 6.81. The molecule has 0 amide bonds. The number of nitriles is 1. The molecule has 5 nitrogen and oxygen atoms in total. The zero-order chi connectivity index (χ0) is 14.4. The summed E-state index contributed by atoms with van der Waals surface area (Å²) in [5.74, 6) is 0.633. The van der Waals surface area contributed by atoms with Gasteiger partial charge in [-0.2, -0.15) is 5.26 Å². The number of morpholine rings is 1. The fourth-order valence-corrected chi connectivity index (χ4v) is 2.39. The first-order chi connectivity index (χ1) is 9.72. The first-order valence-electron chi connectivity index (χ1n) is 6.81. The summed E-state index contributed by atoms with van der Waals surface area (Å²) in [5, 5.41) is 12.3. The predicted octanol–water partition coefficient (Wildman–Crippen LogP) is 0.987. The van der Waals surface area contributed by atoms with E-state index in [2.05, 4.69) is 23.3 Å². The van der Waals surface area contributed by atoms with E-state index < -0.39 is 0 Å². The third-order valence-corrected chi connectivity index (χ3v) is 3.36. The van der Waals surface area contributed by atoms with Crippen LogP contribution in [0.3, 0.4) is 0 Å². The van der Waals surface area contributed by atoms with Gasteiger partial charge in [0.25, 0.3) is 0 Å². The number of methoxy groups -OCH3 is 1. The second kappa shape index (κ2) is 7.25. The molecule has 108 valence electrons. The number of ether oxygens (including phenoxy) is 2. The summed E-state index contributed by atoms with van der Waals surface area (Å²) in [6.07, 6.45) is 0.244. The van der Waals surface area contributed by atoms with Crippen LogP contribution in [-0.4, -0.2) is 51.4 Å². The Labute approximate surface area is 120 Å². The van der Waals surface area contributed by atoms with Gasteiger partial charge in [0.15, 0.2) is 0 Å². The van der Waals surface area contributed by atoms with Gasteiger partial charge in [0, 0.05) is 26.2 Å². The molecule has 0 bridgehead atoms. The van der Waals surface area contributed by atoms with Crippen molar-refractivity contribution < 1.29 is 9.47 Å². The van der Waals surface area contributed by atoms with Crippen molar-refractivity contribution >= 4 is 0 Å². The number of rotatable bonds is 5. The zero-order valence-electron chi connectivity index (χ0n) is 12.1. The smallest absolute Gasteiger partial charge is 0.136 e. The number of hydrogen-bond acceptors (Lipinski definition) is 5. The molecule has 1 N–H and O–H groups in total. The van der Waals surface area contributed by atoms with Gasteiger partial charge in [-0.1, -0.05) is 6.07 Å². The molecule has 1 heterocycles. The standard InChI is InChI=1S/C15H21N3O2/c1-18(11-14-9-17-5-6-20-14)10-12-3-4-13(8-16)15(7-12)19-2/h3-4,7,14,17H,5-6,9-11H2,1-2H3. The fourth-order valence-electron chi connectivity index (χ4n) is 2.39. The molecular weight excluding hydrogens is 254 g/mol. The van der Waals surface area contributed by atoms with Gasteiger partial charge in [0.2, 0.25) is 0 Å². The molecule has 2 rings (SSSR count). The zero-order valence-corrected chi connectivity index (χ0v) is 12.1. The molecule has 1 aliphatic heterocycles. The summed E-state index contributed by atoms with van der Waals surface area (Å²) in [6.45, 7) is 4.31. The van der Waals surface area contributed by atoms with Crippen molar-refractivity contribution in [3.8, 4) is 11.8 Å². The Balaban J connectivity index is 1.93. The van der Waals surface area contributed by atoms with Crippen molar-refractivity contribution in [2.24, 2.45) is 0 Å². The molecule has 0 aromatic heterocycles. The van der Waals surface area contributed by atoms with E-state index in [-0.39, 0.29) is 6.10 Å². The van der Waals surface area contributed by atoms with Gasteiger partial charge in [0.05, 0.1) is 25.4 Å². The molecular formula is C15H21N3O2. The second-order valence-corrected chi connectivity index (χ2v) is 5.04. The Bertz CT molecular complexity index is 478. The van der Waals surface area contributed by atoms with Gasteiger partial charge in [0.1, 0.15) is 11.8 Å². The van der Waals surface area contributed by atoms with Crippen LogP contribution in [0.2, 0.25) is 0 Å². The lowest BCUT2D eigenvalue weighted by molar-refractivity contribution is 0.00884. The number of benzene rings is 1. The van der Waals surface area contributed by atoms with Crippen LogP contribution in [-0.2, 0) is 11.3 Å². The fraction of sp³-hybridized carbons (Fsp3) is 0.533. The monoisotopic (exact) mass is 275 g/mol. The molecule has 1 atom stereocenters. The highest BCUT2D eigenvalue weighted by molar-refractivity contribution is 5.45. The maximum absolute atomic E-state index is 8.97. The number of likely N-dealkylation sites (N-methyl/N-ethyl adjacent to an activating group) is 1. The topological polar surface area (TPSA) is 57.5 Å². The van der Waals surface area contributed by atoms with Gasteiger partial charge in [-0.15, -0.1) is 0 Å². The number of nitrogens with one attached hydrogen (secondary N) is 1. The highest BCUT2D eigenvalue weighted by Gasteiger charge is 2.15. The molecule has 1 saturated heterocycles. The minimum atomic E-state index is 0.244. The van der Waals surface area contributed by atoms with Gasteiger partial charge in [-0.25, -0.2) is 0 Å². The molecule has 1 aromatic rings.